The number of ether oxygens (including phenoxy) is 1. The van der Waals surface area contributed by atoms with Gasteiger partial charge in [0.05, 0.1) is 4.91 Å². The van der Waals surface area contributed by atoms with Gasteiger partial charge >= 0.3 is 0 Å². The zero-order valence-corrected chi connectivity index (χ0v) is 22.0. The van der Waals surface area contributed by atoms with Gasteiger partial charge in [0.15, 0.2) is 0 Å². The Morgan fingerprint density at radius 2 is 1.67 bits per heavy atom. The molecule has 2 aliphatic heterocycles. The lowest BCUT2D eigenvalue weighted by molar-refractivity contribution is -0.136. The first-order valence-electron chi connectivity index (χ1n) is 12.8. The highest BCUT2D eigenvalue weighted by atomic mass is 32.2. The standard InChI is InChI=1S/C32H26N2O4S/c35-30(33-16-15-23-8-1-2-10-25(23)19-33)20-34-31(36)29(39-32(34)37)18-22-7-5-13-27(17-22)38-21-26-12-6-11-24-9-3-4-14-28(24)26/h1-14,17-18H,15-16,19-21H2/b29-18+. The van der Waals surface area contributed by atoms with Crippen molar-refractivity contribution in [2.75, 3.05) is 13.1 Å². The van der Waals surface area contributed by atoms with Crippen LogP contribution in [0.5, 0.6) is 5.75 Å². The van der Waals surface area contributed by atoms with Crippen LogP contribution in [0.2, 0.25) is 0 Å². The summed E-state index contributed by atoms with van der Waals surface area (Å²) in [6, 6.07) is 29.8. The van der Waals surface area contributed by atoms with E-state index >= 15 is 0 Å². The van der Waals surface area contributed by atoms with Crippen LogP contribution in [-0.2, 0) is 29.2 Å². The normalized spacial score (nSPS) is 16.2. The van der Waals surface area contributed by atoms with Crippen molar-refractivity contribution >= 4 is 45.7 Å². The van der Waals surface area contributed by atoms with E-state index in [1.807, 2.05) is 66.7 Å². The van der Waals surface area contributed by atoms with Crippen LogP contribution in [0.25, 0.3) is 16.8 Å². The number of thioether (sulfide) groups is 1. The maximum Gasteiger partial charge on any atom is 0.294 e. The highest BCUT2D eigenvalue weighted by molar-refractivity contribution is 8.18. The Morgan fingerprint density at radius 1 is 0.897 bits per heavy atom. The molecule has 0 radical (unpaired) electrons. The largest absolute Gasteiger partial charge is 0.489 e. The monoisotopic (exact) mass is 534 g/mol. The quantitative estimate of drug-likeness (QED) is 0.282. The Labute approximate surface area is 230 Å². The van der Waals surface area contributed by atoms with Crippen molar-refractivity contribution in [2.24, 2.45) is 0 Å². The topological polar surface area (TPSA) is 66.9 Å². The third-order valence-electron chi connectivity index (χ3n) is 7.08. The van der Waals surface area contributed by atoms with Crippen molar-refractivity contribution < 1.29 is 19.1 Å². The van der Waals surface area contributed by atoms with Crippen LogP contribution in [0.4, 0.5) is 4.79 Å². The predicted molar refractivity (Wildman–Crippen MR) is 153 cm³/mol. The molecule has 0 spiro atoms. The van der Waals surface area contributed by atoms with Gasteiger partial charge in [-0.3, -0.25) is 19.3 Å². The minimum absolute atomic E-state index is 0.225. The number of imide groups is 1. The molecule has 2 aliphatic rings. The smallest absolute Gasteiger partial charge is 0.294 e. The summed E-state index contributed by atoms with van der Waals surface area (Å²) in [4.78, 5) is 41.8. The molecule has 3 amide bonds. The Bertz CT molecular complexity index is 1620. The predicted octanol–water partition coefficient (Wildman–Crippen LogP) is 6.04. The summed E-state index contributed by atoms with van der Waals surface area (Å²) in [7, 11) is 0. The zero-order chi connectivity index (χ0) is 26.8. The Hall–Kier alpha value is -4.36. The molecule has 0 unspecified atom stereocenters. The Morgan fingerprint density at radius 3 is 2.56 bits per heavy atom. The van der Waals surface area contributed by atoms with Crippen LogP contribution < -0.4 is 4.74 Å². The fourth-order valence-electron chi connectivity index (χ4n) is 5.01. The summed E-state index contributed by atoms with van der Waals surface area (Å²) in [5.74, 6) is -0.00815. The van der Waals surface area contributed by atoms with Gasteiger partial charge < -0.3 is 9.64 Å². The third kappa shape index (κ3) is 5.31. The van der Waals surface area contributed by atoms with E-state index in [-0.39, 0.29) is 12.5 Å². The van der Waals surface area contributed by atoms with Crippen LogP contribution in [0.3, 0.4) is 0 Å². The fourth-order valence-corrected chi connectivity index (χ4v) is 5.84. The minimum Gasteiger partial charge on any atom is -0.489 e. The first kappa shape index (κ1) is 24.9. The van der Waals surface area contributed by atoms with Crippen LogP contribution >= 0.6 is 11.8 Å². The number of fused-ring (bicyclic) bond motifs is 2. The maximum atomic E-state index is 13.1. The van der Waals surface area contributed by atoms with E-state index in [0.29, 0.717) is 30.4 Å². The number of carbonyl (C=O) groups is 3. The van der Waals surface area contributed by atoms with Gasteiger partial charge in [0, 0.05) is 13.1 Å². The first-order valence-corrected chi connectivity index (χ1v) is 13.7. The average Bonchev–Trinajstić information content (AvgIpc) is 3.23. The van der Waals surface area contributed by atoms with Gasteiger partial charge in [-0.05, 0) is 69.4 Å². The van der Waals surface area contributed by atoms with E-state index in [9.17, 15) is 14.4 Å². The summed E-state index contributed by atoms with van der Waals surface area (Å²) in [6.07, 6.45) is 2.44. The number of amides is 3. The van der Waals surface area contributed by atoms with Gasteiger partial charge in [-0.2, -0.15) is 0 Å². The van der Waals surface area contributed by atoms with Crippen LogP contribution in [0.15, 0.2) is 95.9 Å². The molecule has 0 aromatic heterocycles. The molecular formula is C32H26N2O4S. The molecular weight excluding hydrogens is 508 g/mol. The van der Waals surface area contributed by atoms with E-state index < -0.39 is 11.1 Å². The lowest BCUT2D eigenvalue weighted by Gasteiger charge is -2.29. The lowest BCUT2D eigenvalue weighted by atomic mass is 10.00. The molecule has 4 aromatic carbocycles. The number of hydrogen-bond donors (Lipinski definition) is 0. The van der Waals surface area contributed by atoms with Crippen LogP contribution in [0, 0.1) is 0 Å². The second-order valence-corrected chi connectivity index (χ2v) is 10.6. The van der Waals surface area contributed by atoms with Gasteiger partial charge in [-0.1, -0.05) is 78.9 Å². The molecule has 6 rings (SSSR count). The molecule has 0 bridgehead atoms. The van der Waals surface area contributed by atoms with Gasteiger partial charge in [0.1, 0.15) is 18.9 Å². The van der Waals surface area contributed by atoms with Gasteiger partial charge in [0.2, 0.25) is 5.91 Å². The van der Waals surface area contributed by atoms with Crippen molar-refractivity contribution in [3.63, 3.8) is 0 Å². The van der Waals surface area contributed by atoms with Gasteiger partial charge in [-0.15, -0.1) is 0 Å². The summed E-state index contributed by atoms with van der Waals surface area (Å²) in [6.45, 7) is 1.23. The van der Waals surface area contributed by atoms with Gasteiger partial charge in [0.25, 0.3) is 11.1 Å². The summed E-state index contributed by atoms with van der Waals surface area (Å²) in [5.41, 5.74) is 4.17. The van der Waals surface area contributed by atoms with Crippen LogP contribution in [-0.4, -0.2) is 39.9 Å². The highest BCUT2D eigenvalue weighted by Gasteiger charge is 2.37. The molecule has 39 heavy (non-hydrogen) atoms. The second kappa shape index (κ2) is 10.8. The van der Waals surface area contributed by atoms with Crippen molar-refractivity contribution in [2.45, 2.75) is 19.6 Å². The van der Waals surface area contributed by atoms with E-state index in [0.717, 1.165) is 50.5 Å². The number of nitrogens with zero attached hydrogens (tertiary/aromatic N) is 2. The molecule has 194 valence electrons. The third-order valence-corrected chi connectivity index (χ3v) is 7.99. The Balaban J connectivity index is 1.12. The first-order chi connectivity index (χ1) is 19.0. The number of hydrogen-bond acceptors (Lipinski definition) is 5. The van der Waals surface area contributed by atoms with Gasteiger partial charge in [-0.25, -0.2) is 0 Å². The average molecular weight is 535 g/mol. The maximum absolute atomic E-state index is 13.1. The summed E-state index contributed by atoms with van der Waals surface area (Å²) < 4.78 is 6.07. The molecule has 6 nitrogen and oxygen atoms in total. The van der Waals surface area contributed by atoms with Crippen molar-refractivity contribution in [3.05, 3.63) is 118 Å². The summed E-state index contributed by atoms with van der Waals surface area (Å²) in [5, 5.41) is 1.88. The van der Waals surface area contributed by atoms with E-state index in [1.54, 1.807) is 11.0 Å². The molecule has 1 saturated heterocycles. The SMILES string of the molecule is O=C(CN1C(=O)S/C(=C/c2cccc(OCc3cccc4ccccc34)c2)C1=O)N1CCc2ccccc2C1. The molecule has 4 aromatic rings. The van der Waals surface area contributed by atoms with Crippen molar-refractivity contribution in [1.82, 2.24) is 9.80 Å². The highest BCUT2D eigenvalue weighted by Crippen LogP contribution is 2.33. The lowest BCUT2D eigenvalue weighted by Crippen LogP contribution is -2.44. The summed E-state index contributed by atoms with van der Waals surface area (Å²) >= 11 is 0.858. The molecule has 0 atom stereocenters. The zero-order valence-electron chi connectivity index (χ0n) is 21.2. The minimum atomic E-state index is -0.446. The molecule has 2 heterocycles. The number of rotatable bonds is 6. The van der Waals surface area contributed by atoms with E-state index in [4.69, 9.17) is 4.74 Å². The molecule has 1 fully saturated rings. The van der Waals surface area contributed by atoms with E-state index in [1.165, 1.54) is 5.56 Å². The van der Waals surface area contributed by atoms with E-state index in [2.05, 4.69) is 24.3 Å². The van der Waals surface area contributed by atoms with Crippen LogP contribution in [0.1, 0.15) is 22.3 Å². The Kier molecular flexibility index (Phi) is 6.90. The second-order valence-electron chi connectivity index (χ2n) is 9.60. The van der Waals surface area contributed by atoms with Crippen molar-refractivity contribution in [1.29, 1.82) is 0 Å². The molecule has 0 N–H and O–H groups in total. The number of benzene rings is 4. The molecule has 0 saturated carbocycles. The molecule has 7 heteroatoms. The molecule has 0 aliphatic carbocycles. The fraction of sp³-hybridized carbons (Fsp3) is 0.156. The number of carbonyl (C=O) groups excluding carboxylic acids is 3. The van der Waals surface area contributed by atoms with Crippen molar-refractivity contribution in [3.8, 4) is 5.75 Å².